The highest BCUT2D eigenvalue weighted by atomic mass is 79.9. The van der Waals surface area contributed by atoms with Crippen LogP contribution in [0.5, 0.6) is 0 Å². The Balaban J connectivity index is 2.69. The van der Waals surface area contributed by atoms with Crippen molar-refractivity contribution < 1.29 is 9.34 Å². The number of aryl methyl sites for hydroxylation is 1. The van der Waals surface area contributed by atoms with E-state index in [1.165, 1.54) is 22.8 Å². The number of non-ortho nitro benzene ring substituents is 1. The third kappa shape index (κ3) is 1.73. The fourth-order valence-corrected chi connectivity index (χ4v) is 1.81. The van der Waals surface area contributed by atoms with Gasteiger partial charge < -0.3 is 4.42 Å². The minimum atomic E-state index is -0.505. The summed E-state index contributed by atoms with van der Waals surface area (Å²) in [5.41, 5.74) is 0.742. The first kappa shape index (κ1) is 10.9. The van der Waals surface area contributed by atoms with E-state index in [0.29, 0.717) is 23.0 Å². The number of halogens is 1. The summed E-state index contributed by atoms with van der Waals surface area (Å²) in [5.74, 6) is -0.505. The maximum Gasteiger partial charge on any atom is 0.419 e. The molecular weight excluding hydrogens is 280 g/mol. The van der Waals surface area contributed by atoms with Gasteiger partial charge in [-0.05, 0) is 6.07 Å². The van der Waals surface area contributed by atoms with Crippen LogP contribution in [-0.2, 0) is 6.54 Å². The van der Waals surface area contributed by atoms with Gasteiger partial charge in [0.15, 0.2) is 5.58 Å². The predicted octanol–water partition coefficient (Wildman–Crippen LogP) is 1.90. The third-order valence-corrected chi connectivity index (χ3v) is 2.52. The van der Waals surface area contributed by atoms with Gasteiger partial charge in [-0.2, -0.15) is 0 Å². The van der Waals surface area contributed by atoms with E-state index in [1.54, 1.807) is 0 Å². The summed E-state index contributed by atoms with van der Waals surface area (Å²) in [6.07, 6.45) is 0. The van der Waals surface area contributed by atoms with Crippen LogP contribution < -0.4 is 5.76 Å². The van der Waals surface area contributed by atoms with Crippen molar-refractivity contribution in [3.05, 3.63) is 38.9 Å². The second-order valence-electron chi connectivity index (χ2n) is 3.12. The molecule has 7 heteroatoms. The molecule has 16 heavy (non-hydrogen) atoms. The summed E-state index contributed by atoms with van der Waals surface area (Å²) in [6.45, 7) is 0.410. The van der Waals surface area contributed by atoms with Crippen molar-refractivity contribution in [2.45, 2.75) is 6.54 Å². The quantitative estimate of drug-likeness (QED) is 0.490. The summed E-state index contributed by atoms with van der Waals surface area (Å²) in [4.78, 5) is 21.5. The van der Waals surface area contributed by atoms with Crippen molar-refractivity contribution in [1.29, 1.82) is 0 Å². The Hall–Kier alpha value is -1.63. The Kier molecular flexibility index (Phi) is 2.78. The van der Waals surface area contributed by atoms with Gasteiger partial charge in [-0.25, -0.2) is 4.79 Å². The summed E-state index contributed by atoms with van der Waals surface area (Å²) in [5, 5.41) is 11.2. The number of rotatable bonds is 3. The van der Waals surface area contributed by atoms with Crippen LogP contribution >= 0.6 is 15.9 Å². The van der Waals surface area contributed by atoms with Gasteiger partial charge in [-0.3, -0.25) is 14.7 Å². The molecule has 6 nitrogen and oxygen atoms in total. The van der Waals surface area contributed by atoms with Crippen LogP contribution in [0.15, 0.2) is 27.4 Å². The zero-order valence-corrected chi connectivity index (χ0v) is 9.64. The van der Waals surface area contributed by atoms with Crippen LogP contribution in [0.4, 0.5) is 5.69 Å². The number of hydrogen-bond acceptors (Lipinski definition) is 4. The molecular formula is C9H7BrN2O4. The zero-order chi connectivity index (χ0) is 11.7. The average molecular weight is 287 g/mol. The molecule has 1 aromatic heterocycles. The molecule has 1 aromatic carbocycles. The van der Waals surface area contributed by atoms with Gasteiger partial charge in [-0.1, -0.05) is 15.9 Å². The summed E-state index contributed by atoms with van der Waals surface area (Å²) < 4.78 is 6.31. The molecule has 0 bridgehead atoms. The fraction of sp³-hybridized carbons (Fsp3) is 0.222. The highest BCUT2D eigenvalue weighted by Gasteiger charge is 2.13. The van der Waals surface area contributed by atoms with Crippen molar-refractivity contribution in [3.63, 3.8) is 0 Å². The lowest BCUT2D eigenvalue weighted by atomic mass is 10.3. The third-order valence-electron chi connectivity index (χ3n) is 2.17. The molecule has 2 rings (SSSR count). The summed E-state index contributed by atoms with van der Waals surface area (Å²) in [7, 11) is 0. The van der Waals surface area contributed by atoms with Gasteiger partial charge >= 0.3 is 5.76 Å². The lowest BCUT2D eigenvalue weighted by Crippen LogP contribution is -2.14. The van der Waals surface area contributed by atoms with Crippen LogP contribution in [0.25, 0.3) is 11.1 Å². The number of nitro benzene ring substituents is 1. The molecule has 0 fully saturated rings. The number of benzene rings is 1. The average Bonchev–Trinajstić information content (AvgIpc) is 2.55. The lowest BCUT2D eigenvalue weighted by Gasteiger charge is -1.97. The molecule has 0 N–H and O–H groups in total. The van der Waals surface area contributed by atoms with Crippen LogP contribution in [0.3, 0.4) is 0 Å². The molecule has 0 radical (unpaired) electrons. The lowest BCUT2D eigenvalue weighted by molar-refractivity contribution is -0.384. The Bertz CT molecular complexity index is 601. The predicted molar refractivity (Wildman–Crippen MR) is 60.9 cm³/mol. The first-order valence-corrected chi connectivity index (χ1v) is 5.59. The highest BCUT2D eigenvalue weighted by molar-refractivity contribution is 9.09. The van der Waals surface area contributed by atoms with Gasteiger partial charge in [0.1, 0.15) is 0 Å². The molecule has 0 aliphatic rings. The Morgan fingerprint density at radius 3 is 2.88 bits per heavy atom. The molecule has 0 spiro atoms. The van der Waals surface area contributed by atoms with E-state index in [9.17, 15) is 14.9 Å². The summed E-state index contributed by atoms with van der Waals surface area (Å²) in [6, 6.07) is 4.08. The maximum atomic E-state index is 11.4. The standard InChI is InChI=1S/C9H7BrN2O4/c10-3-4-11-7-5-6(12(14)15)1-2-8(7)16-9(11)13/h1-2,5H,3-4H2. The van der Waals surface area contributed by atoms with Crippen molar-refractivity contribution in [1.82, 2.24) is 4.57 Å². The van der Waals surface area contributed by atoms with Crippen LogP contribution in [0, 0.1) is 10.1 Å². The van der Waals surface area contributed by atoms with Crippen molar-refractivity contribution in [2.75, 3.05) is 5.33 Å². The Labute approximate surface area is 97.7 Å². The number of hydrogen-bond donors (Lipinski definition) is 0. The first-order valence-electron chi connectivity index (χ1n) is 4.47. The van der Waals surface area contributed by atoms with E-state index >= 15 is 0 Å². The number of alkyl halides is 1. The largest absolute Gasteiger partial charge is 0.419 e. The van der Waals surface area contributed by atoms with Crippen LogP contribution in [-0.4, -0.2) is 14.8 Å². The molecule has 0 aliphatic heterocycles. The van der Waals surface area contributed by atoms with Crippen molar-refractivity contribution in [2.24, 2.45) is 0 Å². The van der Waals surface area contributed by atoms with E-state index in [2.05, 4.69) is 15.9 Å². The molecule has 0 atom stereocenters. The van der Waals surface area contributed by atoms with Gasteiger partial charge in [0, 0.05) is 24.0 Å². The van der Waals surface area contributed by atoms with Gasteiger partial charge in [0.05, 0.1) is 10.4 Å². The van der Waals surface area contributed by atoms with Gasteiger partial charge in [-0.15, -0.1) is 0 Å². The molecule has 0 saturated heterocycles. The zero-order valence-electron chi connectivity index (χ0n) is 8.05. The molecule has 0 saturated carbocycles. The summed E-state index contributed by atoms with van der Waals surface area (Å²) >= 11 is 3.20. The molecule has 0 amide bonds. The SMILES string of the molecule is O=c1oc2ccc([N+](=O)[O-])cc2n1CCBr. The Morgan fingerprint density at radius 2 is 2.25 bits per heavy atom. The highest BCUT2D eigenvalue weighted by Crippen LogP contribution is 2.19. The number of nitro groups is 1. The molecule has 0 unspecified atom stereocenters. The Morgan fingerprint density at radius 1 is 1.50 bits per heavy atom. The minimum Gasteiger partial charge on any atom is -0.408 e. The van der Waals surface area contributed by atoms with E-state index in [-0.39, 0.29) is 5.69 Å². The molecule has 2 aromatic rings. The molecule has 1 heterocycles. The second-order valence-corrected chi connectivity index (χ2v) is 3.91. The maximum absolute atomic E-state index is 11.4. The van der Waals surface area contributed by atoms with E-state index in [1.807, 2.05) is 0 Å². The minimum absolute atomic E-state index is 0.0587. The molecule has 84 valence electrons. The smallest absolute Gasteiger partial charge is 0.408 e. The number of nitrogens with zero attached hydrogens (tertiary/aromatic N) is 2. The van der Waals surface area contributed by atoms with Crippen molar-refractivity contribution in [3.8, 4) is 0 Å². The normalized spacial score (nSPS) is 10.8. The number of fused-ring (bicyclic) bond motifs is 1. The van der Waals surface area contributed by atoms with E-state index in [0.717, 1.165) is 0 Å². The van der Waals surface area contributed by atoms with Gasteiger partial charge in [0.25, 0.3) is 5.69 Å². The number of aromatic nitrogens is 1. The van der Waals surface area contributed by atoms with Crippen molar-refractivity contribution >= 4 is 32.7 Å². The van der Waals surface area contributed by atoms with E-state index in [4.69, 9.17) is 4.42 Å². The van der Waals surface area contributed by atoms with E-state index < -0.39 is 10.7 Å². The second kappa shape index (κ2) is 4.09. The molecule has 0 aliphatic carbocycles. The fourth-order valence-electron chi connectivity index (χ4n) is 1.46. The van der Waals surface area contributed by atoms with Crippen LogP contribution in [0.2, 0.25) is 0 Å². The monoisotopic (exact) mass is 286 g/mol. The van der Waals surface area contributed by atoms with Gasteiger partial charge in [0.2, 0.25) is 0 Å². The first-order chi connectivity index (χ1) is 7.63. The van der Waals surface area contributed by atoms with Crippen LogP contribution in [0.1, 0.15) is 0 Å². The topological polar surface area (TPSA) is 78.3 Å². The number of oxazole rings is 1.